The lowest BCUT2D eigenvalue weighted by atomic mass is 9.97. The Kier molecular flexibility index (Phi) is 3.23. The molecule has 1 aromatic heterocycles. The summed E-state index contributed by atoms with van der Waals surface area (Å²) in [4.78, 5) is 0.582. The molecule has 78 valence electrons. The minimum atomic E-state index is 0.568. The van der Waals surface area contributed by atoms with E-state index >= 15 is 0 Å². The molecule has 0 aliphatic carbocycles. The molecule has 4 heteroatoms. The van der Waals surface area contributed by atoms with E-state index in [0.29, 0.717) is 10.7 Å². The maximum absolute atomic E-state index is 5.47. The van der Waals surface area contributed by atoms with E-state index in [4.69, 9.17) is 4.74 Å². The van der Waals surface area contributed by atoms with E-state index in [-0.39, 0.29) is 0 Å². The first-order valence-corrected chi connectivity index (χ1v) is 5.87. The van der Waals surface area contributed by atoms with Crippen LogP contribution in [0, 0.1) is 5.92 Å². The van der Waals surface area contributed by atoms with Crippen LogP contribution < -0.4 is 0 Å². The van der Waals surface area contributed by atoms with Gasteiger partial charge in [-0.25, -0.2) is 0 Å². The van der Waals surface area contributed by atoms with Gasteiger partial charge in [-0.1, -0.05) is 15.9 Å². The molecule has 2 atom stereocenters. The normalized spacial score (nSPS) is 27.9. The second kappa shape index (κ2) is 4.45. The second-order valence-corrected chi connectivity index (χ2v) is 5.00. The summed E-state index contributed by atoms with van der Waals surface area (Å²) in [7, 11) is 1.95. The number of ether oxygens (including phenoxy) is 1. The Labute approximate surface area is 92.6 Å². The number of alkyl halides is 1. The van der Waals surface area contributed by atoms with Crippen molar-refractivity contribution in [2.45, 2.75) is 17.7 Å². The topological polar surface area (TPSA) is 27.1 Å². The zero-order valence-electron chi connectivity index (χ0n) is 8.32. The molecule has 1 fully saturated rings. The van der Waals surface area contributed by atoms with Crippen molar-refractivity contribution in [1.82, 2.24) is 9.78 Å². The van der Waals surface area contributed by atoms with Crippen LogP contribution in [0.5, 0.6) is 0 Å². The summed E-state index contributed by atoms with van der Waals surface area (Å²) >= 11 is 3.70. The van der Waals surface area contributed by atoms with Crippen molar-refractivity contribution in [2.75, 3.05) is 13.2 Å². The molecule has 0 saturated carbocycles. The van der Waals surface area contributed by atoms with E-state index in [1.54, 1.807) is 0 Å². The Morgan fingerprint density at radius 1 is 1.71 bits per heavy atom. The Morgan fingerprint density at radius 3 is 3.21 bits per heavy atom. The highest BCUT2D eigenvalue weighted by atomic mass is 79.9. The van der Waals surface area contributed by atoms with Crippen LogP contribution in [0.25, 0.3) is 0 Å². The third-order valence-electron chi connectivity index (χ3n) is 2.62. The fraction of sp³-hybridized carbons (Fsp3) is 0.700. The predicted octanol–water partition coefficient (Wildman–Crippen LogP) is 1.76. The number of nitrogens with zero attached hydrogens (tertiary/aromatic N) is 2. The van der Waals surface area contributed by atoms with Gasteiger partial charge in [-0.2, -0.15) is 5.10 Å². The Balaban J connectivity index is 1.95. The molecule has 0 radical (unpaired) electrons. The summed E-state index contributed by atoms with van der Waals surface area (Å²) < 4.78 is 7.32. The molecule has 1 saturated heterocycles. The van der Waals surface area contributed by atoms with Gasteiger partial charge in [-0.05, 0) is 18.9 Å². The molecular weight excluding hydrogens is 244 g/mol. The van der Waals surface area contributed by atoms with Gasteiger partial charge in [0.25, 0.3) is 0 Å². The monoisotopic (exact) mass is 258 g/mol. The number of aromatic nitrogens is 2. The quantitative estimate of drug-likeness (QED) is 0.757. The van der Waals surface area contributed by atoms with Crippen molar-refractivity contribution in [3.05, 3.63) is 18.0 Å². The standard InChI is InChI=1S/C10H15BrN2O/c1-13-4-2-9(12-13)6-8-7-14-5-3-10(8)11/h2,4,8,10H,3,5-7H2,1H3. The summed E-state index contributed by atoms with van der Waals surface area (Å²) in [5, 5.41) is 4.38. The van der Waals surface area contributed by atoms with E-state index in [1.807, 2.05) is 17.9 Å². The van der Waals surface area contributed by atoms with Crippen LogP contribution in [0.15, 0.2) is 12.3 Å². The van der Waals surface area contributed by atoms with Crippen LogP contribution in [-0.4, -0.2) is 27.8 Å². The third kappa shape index (κ3) is 2.36. The van der Waals surface area contributed by atoms with Crippen LogP contribution in [0.1, 0.15) is 12.1 Å². The largest absolute Gasteiger partial charge is 0.381 e. The zero-order chi connectivity index (χ0) is 9.97. The highest BCUT2D eigenvalue weighted by Crippen LogP contribution is 2.24. The molecule has 0 amide bonds. The smallest absolute Gasteiger partial charge is 0.0628 e. The van der Waals surface area contributed by atoms with Crippen molar-refractivity contribution >= 4 is 15.9 Å². The minimum Gasteiger partial charge on any atom is -0.381 e. The van der Waals surface area contributed by atoms with Gasteiger partial charge in [0.2, 0.25) is 0 Å². The average molecular weight is 259 g/mol. The van der Waals surface area contributed by atoms with Gasteiger partial charge >= 0.3 is 0 Å². The molecule has 1 aliphatic rings. The lowest BCUT2D eigenvalue weighted by Crippen LogP contribution is -2.29. The highest BCUT2D eigenvalue weighted by Gasteiger charge is 2.24. The van der Waals surface area contributed by atoms with Gasteiger partial charge in [-0.15, -0.1) is 0 Å². The molecule has 0 spiro atoms. The van der Waals surface area contributed by atoms with Crippen LogP contribution in [0.2, 0.25) is 0 Å². The SMILES string of the molecule is Cn1ccc(CC2COCCC2Br)n1. The molecule has 1 aliphatic heterocycles. The Bertz CT molecular complexity index is 300. The van der Waals surface area contributed by atoms with Crippen molar-refractivity contribution in [3.63, 3.8) is 0 Å². The van der Waals surface area contributed by atoms with Crippen molar-refractivity contribution in [1.29, 1.82) is 0 Å². The van der Waals surface area contributed by atoms with Crippen LogP contribution in [0.4, 0.5) is 0 Å². The molecule has 2 rings (SSSR count). The number of hydrogen-bond donors (Lipinski definition) is 0. The van der Waals surface area contributed by atoms with Gasteiger partial charge in [0.15, 0.2) is 0 Å². The first kappa shape index (κ1) is 10.2. The van der Waals surface area contributed by atoms with Crippen molar-refractivity contribution in [3.8, 4) is 0 Å². The summed E-state index contributed by atoms with van der Waals surface area (Å²) in [5.41, 5.74) is 1.16. The maximum atomic E-state index is 5.47. The number of aryl methyl sites for hydroxylation is 1. The average Bonchev–Trinajstić information content (AvgIpc) is 2.56. The minimum absolute atomic E-state index is 0.568. The highest BCUT2D eigenvalue weighted by molar-refractivity contribution is 9.09. The lowest BCUT2D eigenvalue weighted by Gasteiger charge is -2.26. The van der Waals surface area contributed by atoms with Gasteiger partial charge in [0.05, 0.1) is 12.3 Å². The van der Waals surface area contributed by atoms with E-state index in [1.165, 1.54) is 0 Å². The number of rotatable bonds is 2. The predicted molar refractivity (Wildman–Crippen MR) is 58.6 cm³/mol. The third-order valence-corrected chi connectivity index (χ3v) is 3.83. The van der Waals surface area contributed by atoms with Gasteiger partial charge in [0, 0.05) is 30.6 Å². The van der Waals surface area contributed by atoms with E-state index in [9.17, 15) is 0 Å². The van der Waals surface area contributed by atoms with E-state index < -0.39 is 0 Å². The molecular formula is C10H15BrN2O. The Morgan fingerprint density at radius 2 is 2.57 bits per heavy atom. The zero-order valence-corrected chi connectivity index (χ0v) is 9.90. The fourth-order valence-corrected chi connectivity index (χ4v) is 2.32. The molecule has 1 aromatic rings. The van der Waals surface area contributed by atoms with E-state index in [2.05, 4.69) is 27.1 Å². The summed E-state index contributed by atoms with van der Waals surface area (Å²) in [6.07, 6.45) is 4.11. The molecule has 14 heavy (non-hydrogen) atoms. The first-order chi connectivity index (χ1) is 6.75. The summed E-state index contributed by atoms with van der Waals surface area (Å²) in [6, 6.07) is 2.08. The number of hydrogen-bond acceptors (Lipinski definition) is 2. The van der Waals surface area contributed by atoms with Crippen molar-refractivity contribution < 1.29 is 4.74 Å². The van der Waals surface area contributed by atoms with Crippen LogP contribution in [0.3, 0.4) is 0 Å². The fourth-order valence-electron chi connectivity index (χ4n) is 1.80. The molecule has 0 N–H and O–H groups in total. The lowest BCUT2D eigenvalue weighted by molar-refractivity contribution is 0.0602. The number of halogens is 1. The van der Waals surface area contributed by atoms with E-state index in [0.717, 1.165) is 31.7 Å². The Hall–Kier alpha value is -0.350. The molecule has 3 nitrogen and oxygen atoms in total. The van der Waals surface area contributed by atoms with Crippen LogP contribution >= 0.6 is 15.9 Å². The molecule has 2 unspecified atom stereocenters. The first-order valence-electron chi connectivity index (χ1n) is 4.96. The van der Waals surface area contributed by atoms with Gasteiger partial charge < -0.3 is 4.74 Å². The summed E-state index contributed by atoms with van der Waals surface area (Å²) in [5.74, 6) is 0.568. The second-order valence-electron chi connectivity index (χ2n) is 3.82. The van der Waals surface area contributed by atoms with Crippen molar-refractivity contribution in [2.24, 2.45) is 13.0 Å². The summed E-state index contributed by atoms with van der Waals surface area (Å²) in [6.45, 7) is 1.74. The molecule has 2 heterocycles. The van der Waals surface area contributed by atoms with Gasteiger partial charge in [-0.3, -0.25) is 4.68 Å². The molecule has 0 aromatic carbocycles. The maximum Gasteiger partial charge on any atom is 0.0628 e. The van der Waals surface area contributed by atoms with Crippen LogP contribution in [-0.2, 0) is 18.2 Å². The molecule has 0 bridgehead atoms. The van der Waals surface area contributed by atoms with Gasteiger partial charge in [0.1, 0.15) is 0 Å².